The normalized spacial score (nSPS) is 20.2. The van der Waals surface area contributed by atoms with E-state index >= 15 is 0 Å². The molecule has 1 aromatic rings. The molecule has 1 heterocycles. The molecular weight excluding hydrogens is 262 g/mol. The molecule has 4 nitrogen and oxygen atoms in total. The molecule has 0 bridgehead atoms. The van der Waals surface area contributed by atoms with E-state index < -0.39 is 0 Å². The Balaban J connectivity index is 1.95. The topological polar surface area (TPSA) is 58.4 Å². The standard InChI is InChI=1S/C14H20ClN3O/c1-18-8-3-2-5-10(18)9-17-14(19)11-6-4-7-12(16)13(11)15/h4,6-7,10H,2-3,5,8-9,16H2,1H3,(H,17,19). The van der Waals surface area contributed by atoms with Gasteiger partial charge in [0, 0.05) is 12.6 Å². The predicted molar refractivity (Wildman–Crippen MR) is 78.5 cm³/mol. The molecule has 1 aliphatic heterocycles. The van der Waals surface area contributed by atoms with Crippen molar-refractivity contribution in [2.24, 2.45) is 0 Å². The molecule has 0 aromatic heterocycles. The summed E-state index contributed by atoms with van der Waals surface area (Å²) >= 11 is 6.04. The number of hydrogen-bond acceptors (Lipinski definition) is 3. The summed E-state index contributed by atoms with van der Waals surface area (Å²) in [7, 11) is 2.10. The van der Waals surface area contributed by atoms with Gasteiger partial charge in [-0.05, 0) is 38.6 Å². The molecule has 1 saturated heterocycles. The number of likely N-dealkylation sites (N-methyl/N-ethyl adjacent to an activating group) is 1. The van der Waals surface area contributed by atoms with Crippen molar-refractivity contribution in [3.8, 4) is 0 Å². The number of rotatable bonds is 3. The molecule has 1 fully saturated rings. The van der Waals surface area contributed by atoms with Gasteiger partial charge in [-0.3, -0.25) is 4.79 Å². The first-order valence-corrected chi connectivity index (χ1v) is 7.00. The molecular formula is C14H20ClN3O. The number of nitrogen functional groups attached to an aromatic ring is 1. The van der Waals surface area contributed by atoms with Crippen molar-refractivity contribution < 1.29 is 4.79 Å². The van der Waals surface area contributed by atoms with Crippen LogP contribution in [0.25, 0.3) is 0 Å². The van der Waals surface area contributed by atoms with Crippen LogP contribution in [0.1, 0.15) is 29.6 Å². The molecule has 0 aliphatic carbocycles. The summed E-state index contributed by atoms with van der Waals surface area (Å²) in [6, 6.07) is 5.53. The summed E-state index contributed by atoms with van der Waals surface area (Å²) in [6.07, 6.45) is 3.59. The third kappa shape index (κ3) is 3.39. The van der Waals surface area contributed by atoms with Crippen LogP contribution in [-0.2, 0) is 0 Å². The van der Waals surface area contributed by atoms with Gasteiger partial charge in [-0.1, -0.05) is 24.1 Å². The number of piperidine rings is 1. The van der Waals surface area contributed by atoms with E-state index in [1.54, 1.807) is 18.2 Å². The lowest BCUT2D eigenvalue weighted by molar-refractivity contribution is 0.0928. The SMILES string of the molecule is CN1CCCCC1CNC(=O)c1cccc(N)c1Cl. The summed E-state index contributed by atoms with van der Waals surface area (Å²) < 4.78 is 0. The van der Waals surface area contributed by atoms with Crippen LogP contribution in [0.4, 0.5) is 5.69 Å². The first-order chi connectivity index (χ1) is 9.09. The quantitative estimate of drug-likeness (QED) is 0.835. The van der Waals surface area contributed by atoms with Gasteiger partial charge in [-0.2, -0.15) is 0 Å². The molecule has 1 aliphatic rings. The highest BCUT2D eigenvalue weighted by Crippen LogP contribution is 2.23. The van der Waals surface area contributed by atoms with Crippen LogP contribution < -0.4 is 11.1 Å². The van der Waals surface area contributed by atoms with Crippen molar-refractivity contribution in [3.63, 3.8) is 0 Å². The van der Waals surface area contributed by atoms with Crippen molar-refractivity contribution in [2.75, 3.05) is 25.9 Å². The zero-order valence-electron chi connectivity index (χ0n) is 11.2. The third-order valence-corrected chi connectivity index (χ3v) is 4.11. The number of amides is 1. The number of nitrogens with two attached hydrogens (primary N) is 1. The molecule has 5 heteroatoms. The van der Waals surface area contributed by atoms with E-state index in [9.17, 15) is 4.79 Å². The fourth-order valence-corrected chi connectivity index (χ4v) is 2.64. The lowest BCUT2D eigenvalue weighted by Gasteiger charge is -2.32. The van der Waals surface area contributed by atoms with Crippen molar-refractivity contribution in [2.45, 2.75) is 25.3 Å². The van der Waals surface area contributed by atoms with Crippen LogP contribution in [-0.4, -0.2) is 37.0 Å². The van der Waals surface area contributed by atoms with E-state index in [2.05, 4.69) is 17.3 Å². The summed E-state index contributed by atoms with van der Waals surface area (Å²) in [5.74, 6) is -0.156. The Hall–Kier alpha value is -1.26. The zero-order valence-corrected chi connectivity index (χ0v) is 11.9. The van der Waals surface area contributed by atoms with Gasteiger partial charge in [0.15, 0.2) is 0 Å². The minimum atomic E-state index is -0.156. The third-order valence-electron chi connectivity index (χ3n) is 3.69. The van der Waals surface area contributed by atoms with Gasteiger partial charge in [0.1, 0.15) is 0 Å². The highest BCUT2D eigenvalue weighted by atomic mass is 35.5. The number of carbonyl (C=O) groups is 1. The minimum absolute atomic E-state index is 0.156. The number of nitrogens with one attached hydrogen (secondary N) is 1. The smallest absolute Gasteiger partial charge is 0.252 e. The lowest BCUT2D eigenvalue weighted by atomic mass is 10.0. The predicted octanol–water partition coefficient (Wildman–Crippen LogP) is 2.14. The maximum atomic E-state index is 12.1. The number of nitrogens with zero attached hydrogens (tertiary/aromatic N) is 1. The van der Waals surface area contributed by atoms with Gasteiger partial charge < -0.3 is 16.0 Å². The average Bonchev–Trinajstić information content (AvgIpc) is 2.40. The van der Waals surface area contributed by atoms with Gasteiger partial charge in [-0.25, -0.2) is 0 Å². The molecule has 1 unspecified atom stereocenters. The molecule has 19 heavy (non-hydrogen) atoms. The Kier molecular flexibility index (Phi) is 4.66. The van der Waals surface area contributed by atoms with E-state index in [1.165, 1.54) is 12.8 Å². The van der Waals surface area contributed by atoms with Crippen LogP contribution in [0.5, 0.6) is 0 Å². The highest BCUT2D eigenvalue weighted by Gasteiger charge is 2.20. The van der Waals surface area contributed by atoms with Crippen LogP contribution in [0.15, 0.2) is 18.2 Å². The summed E-state index contributed by atoms with van der Waals surface area (Å²) in [4.78, 5) is 14.4. The minimum Gasteiger partial charge on any atom is -0.398 e. The van der Waals surface area contributed by atoms with Gasteiger partial charge in [-0.15, -0.1) is 0 Å². The number of benzene rings is 1. The van der Waals surface area contributed by atoms with Crippen molar-refractivity contribution in [1.82, 2.24) is 10.2 Å². The Labute approximate surface area is 118 Å². The molecule has 3 N–H and O–H groups in total. The summed E-state index contributed by atoms with van der Waals surface area (Å²) in [5, 5.41) is 3.28. The molecule has 0 spiro atoms. The second-order valence-electron chi connectivity index (χ2n) is 5.05. The Morgan fingerprint density at radius 3 is 3.05 bits per heavy atom. The first-order valence-electron chi connectivity index (χ1n) is 6.62. The molecule has 1 aromatic carbocycles. The highest BCUT2D eigenvalue weighted by molar-refractivity contribution is 6.36. The number of halogens is 1. The first kappa shape index (κ1) is 14.2. The number of anilines is 1. The molecule has 1 atom stereocenters. The molecule has 104 valence electrons. The maximum Gasteiger partial charge on any atom is 0.252 e. The van der Waals surface area contributed by atoms with E-state index in [-0.39, 0.29) is 5.91 Å². The Morgan fingerprint density at radius 2 is 2.32 bits per heavy atom. The van der Waals surface area contributed by atoms with Gasteiger partial charge >= 0.3 is 0 Å². The van der Waals surface area contributed by atoms with Gasteiger partial charge in [0.2, 0.25) is 0 Å². The van der Waals surface area contributed by atoms with Gasteiger partial charge in [0.05, 0.1) is 16.3 Å². The molecule has 1 amide bonds. The second-order valence-corrected chi connectivity index (χ2v) is 5.43. The number of likely N-dealkylation sites (tertiary alicyclic amines) is 1. The van der Waals surface area contributed by atoms with Crippen molar-refractivity contribution >= 4 is 23.2 Å². The molecule has 0 radical (unpaired) electrons. The average molecular weight is 282 g/mol. The summed E-state index contributed by atoms with van der Waals surface area (Å²) in [5.41, 5.74) is 6.58. The Morgan fingerprint density at radius 1 is 1.53 bits per heavy atom. The molecule has 2 rings (SSSR count). The second kappa shape index (κ2) is 6.26. The van der Waals surface area contributed by atoms with E-state index in [1.807, 2.05) is 0 Å². The molecule has 0 saturated carbocycles. The summed E-state index contributed by atoms with van der Waals surface area (Å²) in [6.45, 7) is 1.75. The fourth-order valence-electron chi connectivity index (χ4n) is 2.43. The van der Waals surface area contributed by atoms with E-state index in [4.69, 9.17) is 17.3 Å². The van der Waals surface area contributed by atoms with Crippen LogP contribution in [0.3, 0.4) is 0 Å². The van der Waals surface area contributed by atoms with E-state index in [0.29, 0.717) is 28.9 Å². The monoisotopic (exact) mass is 281 g/mol. The number of carbonyl (C=O) groups excluding carboxylic acids is 1. The fraction of sp³-hybridized carbons (Fsp3) is 0.500. The largest absolute Gasteiger partial charge is 0.398 e. The van der Waals surface area contributed by atoms with Crippen LogP contribution in [0, 0.1) is 0 Å². The van der Waals surface area contributed by atoms with E-state index in [0.717, 1.165) is 13.0 Å². The van der Waals surface area contributed by atoms with Crippen molar-refractivity contribution in [3.05, 3.63) is 28.8 Å². The van der Waals surface area contributed by atoms with Crippen LogP contribution >= 0.6 is 11.6 Å². The van der Waals surface area contributed by atoms with Gasteiger partial charge in [0.25, 0.3) is 5.91 Å². The Bertz CT molecular complexity index is 464. The lowest BCUT2D eigenvalue weighted by Crippen LogP contribution is -2.44. The zero-order chi connectivity index (χ0) is 13.8. The van der Waals surface area contributed by atoms with Crippen LogP contribution in [0.2, 0.25) is 5.02 Å². The maximum absolute atomic E-state index is 12.1. The van der Waals surface area contributed by atoms with Crippen molar-refractivity contribution in [1.29, 1.82) is 0 Å². The number of hydrogen-bond donors (Lipinski definition) is 2.